The average molecular weight is 595 g/mol. The number of carbonyl (C=O) groups excluding carboxylic acids is 2. The van der Waals surface area contributed by atoms with Crippen LogP contribution in [-0.4, -0.2) is 40.4 Å². The lowest BCUT2D eigenvalue weighted by atomic mass is 9.19. The number of hydrogen-bond donors (Lipinski definition) is 0. The van der Waals surface area contributed by atoms with Crippen LogP contribution in [0.2, 0.25) is 0 Å². The van der Waals surface area contributed by atoms with Gasteiger partial charge >= 0.3 is 11.9 Å². The summed E-state index contributed by atoms with van der Waals surface area (Å²) in [6, 6.07) is 8.60. The van der Waals surface area contributed by atoms with Gasteiger partial charge in [0.2, 0.25) is 0 Å². The first-order valence-corrected chi connectivity index (χ1v) is 16.9. The van der Waals surface area contributed by atoms with Crippen molar-refractivity contribution in [2.45, 2.75) is 51.4 Å². The summed E-state index contributed by atoms with van der Waals surface area (Å²) in [5.74, 6) is 7.63. The number of hydrogen-bond acceptors (Lipinski definition) is 6. The highest BCUT2D eigenvalue weighted by Crippen LogP contribution is 2.96. The van der Waals surface area contributed by atoms with Gasteiger partial charge in [0.1, 0.15) is 11.5 Å². The van der Waals surface area contributed by atoms with Gasteiger partial charge in [-0.15, -0.1) is 0 Å². The molecule has 6 bridgehead atoms. The lowest BCUT2D eigenvalue weighted by molar-refractivity contribution is -0.374. The Labute approximate surface area is 258 Å². The first-order chi connectivity index (χ1) is 21.3. The van der Waals surface area contributed by atoms with Crippen LogP contribution in [0.15, 0.2) is 35.4 Å². The molecule has 6 saturated carbocycles. The van der Waals surface area contributed by atoms with E-state index in [0.717, 1.165) is 35.1 Å². The Hall–Kier alpha value is -3.02. The SMILES string of the molecule is COC(=O)C1=C(C(=O)OC)[C@@H]2CC[C@H]1C1C2[C@@H]2C[C@H]1C1C2[C@@]2(C)[C@H]3[C@H]([C@H]4C[C@@H]3c3c4c(OC)c4ccccc4c3OC)[C@@]12C. The Morgan fingerprint density at radius 1 is 0.636 bits per heavy atom. The van der Waals surface area contributed by atoms with Crippen LogP contribution in [0, 0.1) is 70.0 Å². The molecule has 6 nitrogen and oxygen atoms in total. The fourth-order valence-corrected chi connectivity index (χ4v) is 15.4. The molecule has 9 aliphatic rings. The Morgan fingerprint density at radius 2 is 1.07 bits per heavy atom. The summed E-state index contributed by atoms with van der Waals surface area (Å²) in [6.45, 7) is 5.29. The number of rotatable bonds is 4. The number of fused-ring (bicyclic) bond motifs is 20. The second-order valence-electron chi connectivity index (χ2n) is 15.9. The summed E-state index contributed by atoms with van der Waals surface area (Å²) in [7, 11) is 6.58. The van der Waals surface area contributed by atoms with Crippen LogP contribution in [0.4, 0.5) is 0 Å². The highest BCUT2D eigenvalue weighted by atomic mass is 16.5. The van der Waals surface area contributed by atoms with Crippen molar-refractivity contribution in [2.24, 2.45) is 70.0 Å². The lowest BCUT2D eigenvalue weighted by Gasteiger charge is -2.85. The van der Waals surface area contributed by atoms with Gasteiger partial charge in [0.05, 0.1) is 39.6 Å². The molecule has 6 heteroatoms. The van der Waals surface area contributed by atoms with Crippen molar-refractivity contribution < 1.29 is 28.5 Å². The van der Waals surface area contributed by atoms with Gasteiger partial charge < -0.3 is 18.9 Å². The van der Waals surface area contributed by atoms with E-state index in [1.54, 1.807) is 0 Å². The Morgan fingerprint density at radius 3 is 1.45 bits per heavy atom. The molecule has 0 heterocycles. The molecule has 0 spiro atoms. The fraction of sp³-hybridized carbons (Fsp3) is 0.632. The predicted molar refractivity (Wildman–Crippen MR) is 163 cm³/mol. The van der Waals surface area contributed by atoms with Crippen LogP contribution in [0.3, 0.4) is 0 Å². The molecule has 2 aromatic carbocycles. The van der Waals surface area contributed by atoms with Crippen molar-refractivity contribution in [3.05, 3.63) is 46.5 Å². The number of ether oxygens (including phenoxy) is 4. The summed E-state index contributed by atoms with van der Waals surface area (Å²) in [6.07, 6.45) is 4.43. The number of benzene rings is 2. The maximum atomic E-state index is 13.2. The zero-order valence-electron chi connectivity index (χ0n) is 26.5. The summed E-state index contributed by atoms with van der Waals surface area (Å²) in [5, 5.41) is 2.33. The molecule has 0 N–H and O–H groups in total. The first kappa shape index (κ1) is 26.2. The van der Waals surface area contributed by atoms with E-state index in [1.165, 1.54) is 38.2 Å². The number of esters is 2. The van der Waals surface area contributed by atoms with E-state index in [4.69, 9.17) is 18.9 Å². The number of carbonyl (C=O) groups is 2. The quantitative estimate of drug-likeness (QED) is 0.297. The molecular formula is C38H42O6. The first-order valence-electron chi connectivity index (χ1n) is 16.9. The predicted octanol–water partition coefficient (Wildman–Crippen LogP) is 6.51. The molecule has 0 aromatic heterocycles. The van der Waals surface area contributed by atoms with Crippen molar-refractivity contribution in [3.63, 3.8) is 0 Å². The summed E-state index contributed by atoms with van der Waals surface area (Å²) in [5.41, 5.74) is 4.72. The molecule has 9 aliphatic carbocycles. The zero-order chi connectivity index (χ0) is 30.2. The van der Waals surface area contributed by atoms with E-state index in [9.17, 15) is 9.59 Å². The van der Waals surface area contributed by atoms with Crippen LogP contribution in [0.25, 0.3) is 10.8 Å². The maximum Gasteiger partial charge on any atom is 0.334 e. The maximum absolute atomic E-state index is 13.2. The summed E-state index contributed by atoms with van der Waals surface area (Å²) >= 11 is 0. The van der Waals surface area contributed by atoms with Gasteiger partial charge in [-0.2, -0.15) is 0 Å². The molecule has 0 saturated heterocycles. The molecule has 230 valence electrons. The normalized spacial score (nSPS) is 47.2. The van der Waals surface area contributed by atoms with Gasteiger partial charge in [-0.25, -0.2) is 9.59 Å². The minimum Gasteiger partial charge on any atom is -0.496 e. The Bertz CT molecular complexity index is 1620. The van der Waals surface area contributed by atoms with Crippen molar-refractivity contribution in [2.75, 3.05) is 28.4 Å². The molecule has 6 fully saturated rings. The van der Waals surface area contributed by atoms with Crippen molar-refractivity contribution in [3.8, 4) is 11.5 Å². The van der Waals surface area contributed by atoms with Crippen LogP contribution in [0.5, 0.6) is 11.5 Å². The van der Waals surface area contributed by atoms with Crippen molar-refractivity contribution in [1.29, 1.82) is 0 Å². The van der Waals surface area contributed by atoms with Gasteiger partial charge in [-0.05, 0) is 108 Å². The second-order valence-corrected chi connectivity index (χ2v) is 15.9. The topological polar surface area (TPSA) is 71.1 Å². The highest BCUT2D eigenvalue weighted by molar-refractivity contribution is 6.02. The van der Waals surface area contributed by atoms with Crippen LogP contribution >= 0.6 is 0 Å². The molecule has 4 unspecified atom stereocenters. The molecular weight excluding hydrogens is 552 g/mol. The third-order valence-electron chi connectivity index (χ3n) is 15.9. The van der Waals surface area contributed by atoms with Gasteiger partial charge in [0.15, 0.2) is 0 Å². The van der Waals surface area contributed by atoms with Gasteiger partial charge in [-0.1, -0.05) is 38.1 Å². The van der Waals surface area contributed by atoms with E-state index < -0.39 is 0 Å². The van der Waals surface area contributed by atoms with E-state index in [0.29, 0.717) is 70.3 Å². The molecule has 14 atom stereocenters. The second kappa shape index (κ2) is 8.03. The van der Waals surface area contributed by atoms with E-state index in [2.05, 4.69) is 38.1 Å². The van der Waals surface area contributed by atoms with E-state index in [1.807, 2.05) is 14.2 Å². The minimum atomic E-state index is -0.316. The molecule has 0 amide bonds. The molecule has 0 aliphatic heterocycles. The molecule has 11 rings (SSSR count). The lowest BCUT2D eigenvalue weighted by Crippen LogP contribution is -2.81. The summed E-state index contributed by atoms with van der Waals surface area (Å²) < 4.78 is 23.1. The highest BCUT2D eigenvalue weighted by Gasteiger charge is 2.90. The fourth-order valence-electron chi connectivity index (χ4n) is 15.4. The Balaban J connectivity index is 1.10. The van der Waals surface area contributed by atoms with Gasteiger partial charge in [0.25, 0.3) is 0 Å². The monoisotopic (exact) mass is 594 g/mol. The van der Waals surface area contributed by atoms with E-state index >= 15 is 0 Å². The van der Waals surface area contributed by atoms with Crippen LogP contribution in [0.1, 0.15) is 62.5 Å². The third kappa shape index (κ3) is 2.37. The van der Waals surface area contributed by atoms with Gasteiger partial charge in [-0.3, -0.25) is 0 Å². The standard InChI is InChI=1S/C38H42O6/c1-37-29-19-13-20(24-18-12-11-17(23(19)24)27(35(39)43-5)28(18)36(40)44-6)30(29)38(37,2)32-22-14-21(31(32)37)25-26(22)34(42-4)16-10-8-7-9-15(16)33(25)41-3/h7-10,17-24,29-32H,11-14H2,1-6H3/t17-,18+,19+,20-,21-,22+,23?,24?,29?,30?,31-,32+,37+,38-. The van der Waals surface area contributed by atoms with Crippen LogP contribution in [-0.2, 0) is 19.1 Å². The smallest absolute Gasteiger partial charge is 0.334 e. The average Bonchev–Trinajstić information content (AvgIpc) is 3.83. The van der Waals surface area contributed by atoms with E-state index in [-0.39, 0.29) is 34.6 Å². The largest absolute Gasteiger partial charge is 0.496 e. The molecule has 0 radical (unpaired) electrons. The third-order valence-corrected chi connectivity index (χ3v) is 15.9. The van der Waals surface area contributed by atoms with Gasteiger partial charge in [0, 0.05) is 21.9 Å². The van der Waals surface area contributed by atoms with Crippen LogP contribution < -0.4 is 9.47 Å². The zero-order valence-corrected chi connectivity index (χ0v) is 26.5. The molecule has 2 aromatic rings. The minimum absolute atomic E-state index is 0.116. The summed E-state index contributed by atoms with van der Waals surface area (Å²) in [4.78, 5) is 26.5. The van der Waals surface area contributed by atoms with Crippen molar-refractivity contribution in [1.82, 2.24) is 0 Å². The number of methoxy groups -OCH3 is 4. The molecule has 44 heavy (non-hydrogen) atoms. The Kier molecular flexibility index (Phi) is 4.79. The van der Waals surface area contributed by atoms with Crippen molar-refractivity contribution >= 4 is 22.7 Å².